The Morgan fingerprint density at radius 2 is 2.28 bits per heavy atom. The maximum atomic E-state index is 5.33. The third kappa shape index (κ3) is 3.99. The highest BCUT2D eigenvalue weighted by atomic mass is 32.2. The van der Waals surface area contributed by atoms with Crippen LogP contribution in [0.1, 0.15) is 44.8 Å². The molecule has 1 N–H and O–H groups in total. The van der Waals surface area contributed by atoms with Crippen LogP contribution in [0.15, 0.2) is 4.52 Å². The standard InChI is InChI=1S/C13H23N3OS/c1-4-9(2)18-8-12-15-13(17-16-12)7-11(14-3)10-5-6-10/h9-11,14H,4-8H2,1-3H3. The van der Waals surface area contributed by atoms with Crippen molar-refractivity contribution in [3.8, 4) is 0 Å². The predicted octanol–water partition coefficient (Wildman–Crippen LogP) is 2.64. The summed E-state index contributed by atoms with van der Waals surface area (Å²) in [6, 6.07) is 0.500. The van der Waals surface area contributed by atoms with Crippen LogP contribution in [0.4, 0.5) is 0 Å². The molecule has 1 aliphatic carbocycles. The summed E-state index contributed by atoms with van der Waals surface area (Å²) in [5.41, 5.74) is 0. The molecule has 0 radical (unpaired) electrons. The van der Waals surface area contributed by atoms with E-state index in [0.717, 1.165) is 29.8 Å². The molecule has 5 heteroatoms. The Morgan fingerprint density at radius 3 is 2.89 bits per heavy atom. The molecule has 1 heterocycles. The maximum absolute atomic E-state index is 5.33. The van der Waals surface area contributed by atoms with Crippen LogP contribution in [0.5, 0.6) is 0 Å². The van der Waals surface area contributed by atoms with Crippen molar-refractivity contribution >= 4 is 11.8 Å². The molecule has 0 aromatic carbocycles. The van der Waals surface area contributed by atoms with E-state index in [-0.39, 0.29) is 0 Å². The molecule has 102 valence electrons. The van der Waals surface area contributed by atoms with Crippen molar-refractivity contribution in [2.45, 2.75) is 56.6 Å². The number of thioether (sulfide) groups is 1. The Labute approximate surface area is 113 Å². The van der Waals surface area contributed by atoms with Crippen molar-refractivity contribution in [2.24, 2.45) is 5.92 Å². The fourth-order valence-electron chi connectivity index (χ4n) is 1.96. The summed E-state index contributed by atoms with van der Waals surface area (Å²) in [6.45, 7) is 4.43. The second-order valence-corrected chi connectivity index (χ2v) is 6.50. The van der Waals surface area contributed by atoms with Gasteiger partial charge in [0.05, 0.1) is 5.75 Å². The van der Waals surface area contributed by atoms with Gasteiger partial charge in [-0.15, -0.1) is 0 Å². The molecule has 0 bridgehead atoms. The summed E-state index contributed by atoms with van der Waals surface area (Å²) in [5.74, 6) is 3.27. The molecule has 0 amide bonds. The third-order valence-corrected chi connectivity index (χ3v) is 4.87. The number of nitrogens with one attached hydrogen (secondary N) is 1. The maximum Gasteiger partial charge on any atom is 0.228 e. The molecule has 18 heavy (non-hydrogen) atoms. The molecule has 0 saturated heterocycles. The van der Waals surface area contributed by atoms with Gasteiger partial charge in [0.2, 0.25) is 5.89 Å². The smallest absolute Gasteiger partial charge is 0.228 e. The van der Waals surface area contributed by atoms with Crippen molar-refractivity contribution in [1.29, 1.82) is 0 Å². The minimum absolute atomic E-state index is 0.500. The zero-order valence-electron chi connectivity index (χ0n) is 11.5. The number of rotatable bonds is 8. The Balaban J connectivity index is 1.81. The van der Waals surface area contributed by atoms with Crippen LogP contribution < -0.4 is 5.32 Å². The van der Waals surface area contributed by atoms with Gasteiger partial charge in [-0.3, -0.25) is 0 Å². The lowest BCUT2D eigenvalue weighted by molar-refractivity contribution is 0.349. The topological polar surface area (TPSA) is 51.0 Å². The van der Waals surface area contributed by atoms with Gasteiger partial charge in [-0.2, -0.15) is 16.7 Å². The van der Waals surface area contributed by atoms with E-state index in [9.17, 15) is 0 Å². The van der Waals surface area contributed by atoms with E-state index >= 15 is 0 Å². The quantitative estimate of drug-likeness (QED) is 0.786. The van der Waals surface area contributed by atoms with Gasteiger partial charge in [0.1, 0.15) is 0 Å². The average Bonchev–Trinajstić information content (AvgIpc) is 3.13. The molecule has 4 nitrogen and oxygen atoms in total. The van der Waals surface area contributed by atoms with Crippen molar-refractivity contribution in [1.82, 2.24) is 15.5 Å². The van der Waals surface area contributed by atoms with Crippen LogP contribution in [-0.2, 0) is 12.2 Å². The molecule has 1 fully saturated rings. The lowest BCUT2D eigenvalue weighted by atomic mass is 10.1. The Kier molecular flexibility index (Phi) is 5.06. The van der Waals surface area contributed by atoms with Crippen molar-refractivity contribution in [2.75, 3.05) is 7.05 Å². The Hall–Kier alpha value is -0.550. The minimum atomic E-state index is 0.500. The Morgan fingerprint density at radius 1 is 1.50 bits per heavy atom. The number of likely N-dealkylation sites (N-methyl/N-ethyl adjacent to an activating group) is 1. The number of nitrogens with zero attached hydrogens (tertiary/aromatic N) is 2. The molecule has 2 rings (SSSR count). The van der Waals surface area contributed by atoms with Crippen molar-refractivity contribution < 1.29 is 4.52 Å². The lowest BCUT2D eigenvalue weighted by Gasteiger charge is -2.11. The molecule has 1 aliphatic rings. The first-order chi connectivity index (χ1) is 8.72. The normalized spacial score (nSPS) is 18.8. The molecule has 2 atom stereocenters. The monoisotopic (exact) mass is 269 g/mol. The van der Waals surface area contributed by atoms with Gasteiger partial charge in [-0.1, -0.05) is 19.0 Å². The average molecular weight is 269 g/mol. The lowest BCUT2D eigenvalue weighted by Crippen LogP contribution is -2.29. The minimum Gasteiger partial charge on any atom is -0.339 e. The first-order valence-electron chi connectivity index (χ1n) is 6.83. The van der Waals surface area contributed by atoms with Gasteiger partial charge in [0, 0.05) is 17.7 Å². The number of hydrogen-bond donors (Lipinski definition) is 1. The predicted molar refractivity (Wildman–Crippen MR) is 74.6 cm³/mol. The second-order valence-electron chi connectivity index (χ2n) is 5.07. The summed E-state index contributed by atoms with van der Waals surface area (Å²) < 4.78 is 5.33. The summed E-state index contributed by atoms with van der Waals surface area (Å²) in [4.78, 5) is 4.48. The van der Waals surface area contributed by atoms with Crippen LogP contribution in [-0.4, -0.2) is 28.5 Å². The van der Waals surface area contributed by atoms with E-state index in [1.807, 2.05) is 18.8 Å². The first kappa shape index (κ1) is 13.9. The number of hydrogen-bond acceptors (Lipinski definition) is 5. The molecule has 0 aliphatic heterocycles. The van der Waals surface area contributed by atoms with E-state index in [2.05, 4.69) is 29.3 Å². The first-order valence-corrected chi connectivity index (χ1v) is 7.88. The molecular weight excluding hydrogens is 246 g/mol. The van der Waals surface area contributed by atoms with E-state index in [0.29, 0.717) is 11.3 Å². The summed E-state index contributed by atoms with van der Waals surface area (Å²) in [7, 11) is 2.01. The van der Waals surface area contributed by atoms with E-state index in [1.165, 1.54) is 19.3 Å². The third-order valence-electron chi connectivity index (χ3n) is 3.54. The van der Waals surface area contributed by atoms with Gasteiger partial charge in [0.15, 0.2) is 5.82 Å². The molecule has 1 aromatic rings. The van der Waals surface area contributed by atoms with E-state index < -0.39 is 0 Å². The molecule has 1 aromatic heterocycles. The summed E-state index contributed by atoms with van der Waals surface area (Å²) in [6.07, 6.45) is 4.70. The van der Waals surface area contributed by atoms with Gasteiger partial charge in [-0.25, -0.2) is 0 Å². The van der Waals surface area contributed by atoms with Gasteiger partial charge in [0.25, 0.3) is 0 Å². The largest absolute Gasteiger partial charge is 0.339 e. The second kappa shape index (κ2) is 6.57. The van der Waals surface area contributed by atoms with Crippen molar-refractivity contribution in [3.63, 3.8) is 0 Å². The highest BCUT2D eigenvalue weighted by molar-refractivity contribution is 7.99. The zero-order chi connectivity index (χ0) is 13.0. The van der Waals surface area contributed by atoms with Gasteiger partial charge < -0.3 is 9.84 Å². The van der Waals surface area contributed by atoms with E-state index in [4.69, 9.17) is 4.52 Å². The van der Waals surface area contributed by atoms with Crippen LogP contribution in [0.3, 0.4) is 0 Å². The highest BCUT2D eigenvalue weighted by Gasteiger charge is 2.31. The molecule has 2 unspecified atom stereocenters. The SMILES string of the molecule is CCC(C)SCc1noc(CC(NC)C2CC2)n1. The summed E-state index contributed by atoms with van der Waals surface area (Å²) in [5, 5.41) is 8.06. The van der Waals surface area contributed by atoms with E-state index in [1.54, 1.807) is 0 Å². The Bertz CT molecular complexity index is 365. The summed E-state index contributed by atoms with van der Waals surface area (Å²) >= 11 is 1.89. The zero-order valence-corrected chi connectivity index (χ0v) is 12.3. The van der Waals surface area contributed by atoms with Crippen LogP contribution >= 0.6 is 11.8 Å². The molecule has 1 saturated carbocycles. The fraction of sp³-hybridized carbons (Fsp3) is 0.846. The highest BCUT2D eigenvalue weighted by Crippen LogP contribution is 2.33. The van der Waals surface area contributed by atoms with Gasteiger partial charge in [-0.05, 0) is 32.2 Å². The van der Waals surface area contributed by atoms with Crippen LogP contribution in [0.25, 0.3) is 0 Å². The van der Waals surface area contributed by atoms with Crippen LogP contribution in [0.2, 0.25) is 0 Å². The van der Waals surface area contributed by atoms with Gasteiger partial charge >= 0.3 is 0 Å². The number of aromatic nitrogens is 2. The fourth-order valence-corrected chi connectivity index (χ4v) is 2.74. The van der Waals surface area contributed by atoms with Crippen molar-refractivity contribution in [3.05, 3.63) is 11.7 Å². The van der Waals surface area contributed by atoms with Crippen LogP contribution in [0, 0.1) is 5.92 Å². The molecule has 0 spiro atoms. The molecular formula is C13H23N3OS.